The monoisotopic (exact) mass is 474 g/mol. The first-order valence-corrected chi connectivity index (χ1v) is 11.9. The lowest BCUT2D eigenvalue weighted by Crippen LogP contribution is -2.29. The normalized spacial score (nSPS) is 12.4. The number of amides is 2. The standard InChI is InChI=1S/C28H30N2O5/c1-3-15-29-28(33)30-23-17-20(19-11-13-24(34-2)22(16-19)27(31)32)12-14-26(23)35-25-10-6-8-18-7-4-5-9-21(18)25/h6,8,10-14,16-17H,3-5,7,9,15H2,1-2H3,(H,31,32)(H2,29,30,33). The third-order valence-corrected chi connectivity index (χ3v) is 6.10. The SMILES string of the molecule is CCCNC(=O)Nc1cc(-c2ccc(OC)c(C(=O)O)c2)ccc1Oc1cccc2c1CCCC2. The smallest absolute Gasteiger partial charge is 0.339 e. The van der Waals surface area contributed by atoms with Crippen LogP contribution in [0.4, 0.5) is 10.5 Å². The van der Waals surface area contributed by atoms with Crippen LogP contribution in [0.25, 0.3) is 11.1 Å². The van der Waals surface area contributed by atoms with E-state index in [1.165, 1.54) is 24.7 Å². The van der Waals surface area contributed by atoms with Crippen LogP contribution in [0.15, 0.2) is 54.6 Å². The van der Waals surface area contributed by atoms with E-state index in [1.807, 2.05) is 25.1 Å². The highest BCUT2D eigenvalue weighted by atomic mass is 16.5. The van der Waals surface area contributed by atoms with Crippen LogP contribution >= 0.6 is 0 Å². The number of rotatable bonds is 8. The molecule has 3 aromatic rings. The first-order chi connectivity index (χ1) is 17.0. The molecule has 0 saturated heterocycles. The van der Waals surface area contributed by atoms with Gasteiger partial charge in [-0.1, -0.05) is 31.2 Å². The molecular weight excluding hydrogens is 444 g/mol. The maximum absolute atomic E-state index is 12.5. The Morgan fingerprint density at radius 1 is 0.943 bits per heavy atom. The van der Waals surface area contributed by atoms with Gasteiger partial charge in [-0.2, -0.15) is 0 Å². The summed E-state index contributed by atoms with van der Waals surface area (Å²) in [5.74, 6) is 0.526. The number of urea groups is 1. The number of aryl methyl sites for hydroxylation is 1. The molecule has 0 bridgehead atoms. The van der Waals surface area contributed by atoms with Gasteiger partial charge in [-0.25, -0.2) is 9.59 Å². The fourth-order valence-corrected chi connectivity index (χ4v) is 4.32. The quantitative estimate of drug-likeness (QED) is 0.358. The fraction of sp³-hybridized carbons (Fsp3) is 0.286. The summed E-state index contributed by atoms with van der Waals surface area (Å²) < 4.78 is 11.5. The lowest BCUT2D eigenvalue weighted by atomic mass is 9.91. The zero-order chi connectivity index (χ0) is 24.8. The van der Waals surface area contributed by atoms with Gasteiger partial charge in [0.25, 0.3) is 0 Å². The number of carboxylic acid groups (broad SMARTS) is 1. The molecule has 7 nitrogen and oxygen atoms in total. The number of carboxylic acids is 1. The van der Waals surface area contributed by atoms with Crippen LogP contribution in [-0.4, -0.2) is 30.8 Å². The topological polar surface area (TPSA) is 96.9 Å². The average Bonchev–Trinajstić information content (AvgIpc) is 2.88. The predicted molar refractivity (Wildman–Crippen MR) is 136 cm³/mol. The van der Waals surface area contributed by atoms with Crippen molar-refractivity contribution in [1.82, 2.24) is 5.32 Å². The lowest BCUT2D eigenvalue weighted by molar-refractivity contribution is 0.0693. The minimum atomic E-state index is -1.07. The highest BCUT2D eigenvalue weighted by molar-refractivity contribution is 5.94. The highest BCUT2D eigenvalue weighted by Crippen LogP contribution is 2.38. The molecule has 0 aliphatic heterocycles. The molecule has 182 valence electrons. The highest BCUT2D eigenvalue weighted by Gasteiger charge is 2.18. The average molecular weight is 475 g/mol. The van der Waals surface area contributed by atoms with Gasteiger partial charge in [0.1, 0.15) is 17.1 Å². The Labute approximate surface area is 205 Å². The first-order valence-electron chi connectivity index (χ1n) is 11.9. The van der Waals surface area contributed by atoms with E-state index in [1.54, 1.807) is 30.3 Å². The third-order valence-electron chi connectivity index (χ3n) is 6.10. The van der Waals surface area contributed by atoms with Crippen molar-refractivity contribution in [1.29, 1.82) is 0 Å². The van der Waals surface area contributed by atoms with Gasteiger partial charge in [0, 0.05) is 6.54 Å². The molecule has 7 heteroatoms. The molecule has 0 heterocycles. The van der Waals surface area contributed by atoms with Gasteiger partial charge in [-0.05, 0) is 84.7 Å². The van der Waals surface area contributed by atoms with Crippen molar-refractivity contribution >= 4 is 17.7 Å². The maximum Gasteiger partial charge on any atom is 0.339 e. The molecule has 0 radical (unpaired) electrons. The fourth-order valence-electron chi connectivity index (χ4n) is 4.32. The molecule has 3 N–H and O–H groups in total. The number of anilines is 1. The van der Waals surface area contributed by atoms with E-state index in [0.717, 1.165) is 37.0 Å². The number of carbonyl (C=O) groups is 2. The van der Waals surface area contributed by atoms with E-state index >= 15 is 0 Å². The molecule has 0 fully saturated rings. The van der Waals surface area contributed by atoms with E-state index in [2.05, 4.69) is 16.7 Å². The van der Waals surface area contributed by atoms with Gasteiger partial charge in [-0.15, -0.1) is 0 Å². The number of nitrogens with one attached hydrogen (secondary N) is 2. The Kier molecular flexibility index (Phi) is 7.55. The Morgan fingerprint density at radius 2 is 1.69 bits per heavy atom. The summed E-state index contributed by atoms with van der Waals surface area (Å²) in [7, 11) is 1.44. The second-order valence-electron chi connectivity index (χ2n) is 8.52. The first kappa shape index (κ1) is 24.1. The summed E-state index contributed by atoms with van der Waals surface area (Å²) in [5, 5.41) is 15.3. The summed E-state index contributed by atoms with van der Waals surface area (Å²) in [6.07, 6.45) is 5.12. The Hall–Kier alpha value is -4.00. The summed E-state index contributed by atoms with van der Waals surface area (Å²) in [6.45, 7) is 2.53. The molecule has 0 saturated carbocycles. The van der Waals surface area contributed by atoms with Crippen LogP contribution in [0.5, 0.6) is 17.2 Å². The third kappa shape index (κ3) is 5.57. The molecule has 3 aromatic carbocycles. The Morgan fingerprint density at radius 3 is 2.43 bits per heavy atom. The largest absolute Gasteiger partial charge is 0.496 e. The summed E-state index contributed by atoms with van der Waals surface area (Å²) in [5.41, 5.74) is 4.51. The van der Waals surface area contributed by atoms with Crippen molar-refractivity contribution in [3.63, 3.8) is 0 Å². The van der Waals surface area contributed by atoms with Gasteiger partial charge < -0.3 is 25.2 Å². The molecule has 0 unspecified atom stereocenters. The van der Waals surface area contributed by atoms with Crippen molar-refractivity contribution in [2.75, 3.05) is 19.0 Å². The minimum absolute atomic E-state index is 0.0661. The van der Waals surface area contributed by atoms with E-state index in [4.69, 9.17) is 9.47 Å². The van der Waals surface area contributed by atoms with Gasteiger partial charge in [-0.3, -0.25) is 0 Å². The zero-order valence-corrected chi connectivity index (χ0v) is 20.0. The van der Waals surface area contributed by atoms with E-state index in [0.29, 0.717) is 23.5 Å². The molecule has 4 rings (SSSR count). The number of methoxy groups -OCH3 is 1. The summed E-state index contributed by atoms with van der Waals surface area (Å²) in [4.78, 5) is 24.2. The number of benzene rings is 3. The second-order valence-corrected chi connectivity index (χ2v) is 8.52. The number of hydrogen-bond acceptors (Lipinski definition) is 4. The van der Waals surface area contributed by atoms with Crippen molar-refractivity contribution in [2.24, 2.45) is 0 Å². The minimum Gasteiger partial charge on any atom is -0.496 e. The van der Waals surface area contributed by atoms with E-state index in [-0.39, 0.29) is 17.3 Å². The van der Waals surface area contributed by atoms with Crippen LogP contribution in [0.2, 0.25) is 0 Å². The van der Waals surface area contributed by atoms with Crippen LogP contribution in [0.1, 0.15) is 47.7 Å². The van der Waals surface area contributed by atoms with Crippen LogP contribution in [0, 0.1) is 0 Å². The molecule has 1 aliphatic carbocycles. The number of ether oxygens (including phenoxy) is 2. The van der Waals surface area contributed by atoms with Crippen LogP contribution in [0.3, 0.4) is 0 Å². The van der Waals surface area contributed by atoms with Crippen LogP contribution in [-0.2, 0) is 12.8 Å². The van der Waals surface area contributed by atoms with Crippen molar-refractivity contribution in [3.8, 4) is 28.4 Å². The van der Waals surface area contributed by atoms with Gasteiger partial charge in [0.15, 0.2) is 5.75 Å². The summed E-state index contributed by atoms with van der Waals surface area (Å²) >= 11 is 0. The maximum atomic E-state index is 12.5. The molecular formula is C28H30N2O5. The Bertz CT molecular complexity index is 1240. The Balaban J connectivity index is 1.72. The zero-order valence-electron chi connectivity index (χ0n) is 20.0. The molecule has 0 spiro atoms. The number of fused-ring (bicyclic) bond motifs is 1. The van der Waals surface area contributed by atoms with E-state index in [9.17, 15) is 14.7 Å². The molecule has 0 aromatic heterocycles. The van der Waals surface area contributed by atoms with Gasteiger partial charge >= 0.3 is 12.0 Å². The van der Waals surface area contributed by atoms with Crippen molar-refractivity contribution in [3.05, 3.63) is 71.3 Å². The molecule has 1 aliphatic rings. The van der Waals surface area contributed by atoms with Crippen molar-refractivity contribution in [2.45, 2.75) is 39.0 Å². The van der Waals surface area contributed by atoms with Crippen LogP contribution < -0.4 is 20.1 Å². The second kappa shape index (κ2) is 11.0. The molecule has 35 heavy (non-hydrogen) atoms. The van der Waals surface area contributed by atoms with Crippen molar-refractivity contribution < 1.29 is 24.2 Å². The number of aromatic carboxylic acids is 1. The van der Waals surface area contributed by atoms with Gasteiger partial charge in [0.05, 0.1) is 12.8 Å². The van der Waals surface area contributed by atoms with E-state index < -0.39 is 5.97 Å². The van der Waals surface area contributed by atoms with Gasteiger partial charge in [0.2, 0.25) is 0 Å². The molecule has 2 amide bonds. The molecule has 0 atom stereocenters. The lowest BCUT2D eigenvalue weighted by Gasteiger charge is -2.21. The summed E-state index contributed by atoms with van der Waals surface area (Å²) in [6, 6.07) is 16.2. The predicted octanol–water partition coefficient (Wildman–Crippen LogP) is 6.26. The number of hydrogen-bond donors (Lipinski definition) is 3. The number of carbonyl (C=O) groups excluding carboxylic acids is 1.